The van der Waals surface area contributed by atoms with Crippen molar-refractivity contribution in [2.45, 2.75) is 18.0 Å². The zero-order valence-electron chi connectivity index (χ0n) is 16.4. The predicted octanol–water partition coefficient (Wildman–Crippen LogP) is 6.17. The van der Waals surface area contributed by atoms with Gasteiger partial charge >= 0.3 is 6.18 Å². The number of rotatable bonds is 7. The minimum Gasteiger partial charge on any atom is -0.493 e. The Morgan fingerprint density at radius 2 is 1.88 bits per heavy atom. The van der Waals surface area contributed by atoms with Gasteiger partial charge in [0.15, 0.2) is 0 Å². The van der Waals surface area contributed by atoms with E-state index >= 15 is 0 Å². The normalized spacial score (nSPS) is 12.3. The third-order valence-electron chi connectivity index (χ3n) is 4.16. The lowest BCUT2D eigenvalue weighted by atomic mass is 10.1. The number of ketones is 1. The molecule has 0 aliphatic carbocycles. The van der Waals surface area contributed by atoms with Gasteiger partial charge < -0.3 is 4.74 Å². The van der Waals surface area contributed by atoms with Crippen molar-refractivity contribution in [1.82, 2.24) is 4.98 Å². The van der Waals surface area contributed by atoms with Crippen LogP contribution in [0.15, 0.2) is 59.6 Å². The third-order valence-corrected chi connectivity index (χ3v) is 5.78. The fourth-order valence-corrected chi connectivity index (χ4v) is 4.03. The first kappa shape index (κ1) is 24.0. The van der Waals surface area contributed by atoms with E-state index in [4.69, 9.17) is 27.9 Å². The van der Waals surface area contributed by atoms with Gasteiger partial charge in [-0.05, 0) is 43.3 Å². The lowest BCUT2D eigenvalue weighted by Crippen LogP contribution is -2.14. The largest absolute Gasteiger partial charge is 0.493 e. The standard InChI is InChI=1S/C21H15Cl2F3N2O3S/c1-2-31-18-6-4-3-5-14(18)20(29)19-17(9-12(22)11-27-19)28-32(30)13-7-8-16(23)15(10-13)21(24,25)26/h3-11,28H,2H2,1H3. The monoisotopic (exact) mass is 502 g/mol. The zero-order chi connectivity index (χ0) is 23.5. The number of halogens is 5. The van der Waals surface area contributed by atoms with E-state index in [1.807, 2.05) is 0 Å². The van der Waals surface area contributed by atoms with Crippen molar-refractivity contribution < 1.29 is 26.9 Å². The number of hydrogen-bond acceptors (Lipinski definition) is 4. The average molecular weight is 503 g/mol. The van der Waals surface area contributed by atoms with Gasteiger partial charge in [0.05, 0.1) is 38.4 Å². The van der Waals surface area contributed by atoms with E-state index in [-0.39, 0.29) is 26.9 Å². The topological polar surface area (TPSA) is 68.3 Å². The van der Waals surface area contributed by atoms with E-state index in [1.165, 1.54) is 18.3 Å². The molecule has 168 valence electrons. The average Bonchev–Trinajstić information content (AvgIpc) is 2.73. The van der Waals surface area contributed by atoms with Gasteiger partial charge in [-0.15, -0.1) is 0 Å². The Kier molecular flexibility index (Phi) is 7.43. The maximum Gasteiger partial charge on any atom is 0.417 e. The Bertz CT molecular complexity index is 1190. The number of carbonyl (C=O) groups is 1. The van der Waals surface area contributed by atoms with Crippen LogP contribution in [0, 0.1) is 0 Å². The van der Waals surface area contributed by atoms with Crippen LogP contribution in [0.4, 0.5) is 18.9 Å². The number of nitrogens with zero attached hydrogens (tertiary/aromatic N) is 1. The number of ether oxygens (including phenoxy) is 1. The number of hydrogen-bond donors (Lipinski definition) is 1. The van der Waals surface area contributed by atoms with E-state index in [0.29, 0.717) is 18.4 Å². The van der Waals surface area contributed by atoms with Crippen molar-refractivity contribution in [2.24, 2.45) is 0 Å². The molecule has 0 amide bonds. The summed E-state index contributed by atoms with van der Waals surface area (Å²) in [6, 6.07) is 10.7. The van der Waals surface area contributed by atoms with Crippen LogP contribution in [0.2, 0.25) is 10.0 Å². The second-order valence-corrected chi connectivity index (χ2v) is 8.37. The Balaban J connectivity index is 1.98. The molecular formula is C21H15Cl2F3N2O3S. The van der Waals surface area contributed by atoms with Gasteiger partial charge in [0.25, 0.3) is 0 Å². The molecule has 0 fully saturated rings. The van der Waals surface area contributed by atoms with E-state index in [2.05, 4.69) is 9.71 Å². The van der Waals surface area contributed by atoms with Crippen LogP contribution in [0.1, 0.15) is 28.5 Å². The second kappa shape index (κ2) is 9.89. The summed E-state index contributed by atoms with van der Waals surface area (Å²) >= 11 is 11.6. The number of alkyl halides is 3. The molecule has 0 saturated heterocycles. The van der Waals surface area contributed by atoms with Crippen molar-refractivity contribution in [3.8, 4) is 5.75 Å². The lowest BCUT2D eigenvalue weighted by molar-refractivity contribution is -0.137. The molecule has 5 nitrogen and oxygen atoms in total. The summed E-state index contributed by atoms with van der Waals surface area (Å²) in [4.78, 5) is 17.0. The quantitative estimate of drug-likeness (QED) is 0.392. The molecule has 3 rings (SSSR count). The Morgan fingerprint density at radius 1 is 1.16 bits per heavy atom. The van der Waals surface area contributed by atoms with Crippen LogP contribution in [0.3, 0.4) is 0 Å². The van der Waals surface area contributed by atoms with E-state index in [1.54, 1.807) is 31.2 Å². The van der Waals surface area contributed by atoms with E-state index in [9.17, 15) is 22.2 Å². The number of nitrogens with one attached hydrogen (secondary N) is 1. The van der Waals surface area contributed by atoms with E-state index in [0.717, 1.165) is 6.07 Å². The number of anilines is 1. The molecule has 0 radical (unpaired) electrons. The molecule has 0 aliphatic heterocycles. The molecule has 0 aliphatic rings. The molecule has 1 unspecified atom stereocenters. The summed E-state index contributed by atoms with van der Waals surface area (Å²) < 4.78 is 60.2. The molecule has 1 N–H and O–H groups in total. The molecule has 3 aromatic rings. The highest BCUT2D eigenvalue weighted by Crippen LogP contribution is 2.36. The van der Waals surface area contributed by atoms with Crippen LogP contribution in [-0.2, 0) is 17.2 Å². The van der Waals surface area contributed by atoms with E-state index < -0.39 is 33.5 Å². The first-order valence-electron chi connectivity index (χ1n) is 9.09. The summed E-state index contributed by atoms with van der Waals surface area (Å²) in [6.45, 7) is 2.09. The van der Waals surface area contributed by atoms with Gasteiger partial charge in [-0.25, -0.2) is 9.19 Å². The molecule has 0 saturated carbocycles. The van der Waals surface area contributed by atoms with Gasteiger partial charge in [-0.2, -0.15) is 13.2 Å². The Labute approximate surface area is 194 Å². The number of carbonyl (C=O) groups excluding carboxylic acids is 1. The number of para-hydroxylation sites is 1. The van der Waals surface area contributed by atoms with Crippen LogP contribution in [-0.4, -0.2) is 21.6 Å². The molecule has 2 aromatic carbocycles. The van der Waals surface area contributed by atoms with Gasteiger partial charge in [-0.3, -0.25) is 9.52 Å². The predicted molar refractivity (Wildman–Crippen MR) is 117 cm³/mol. The Hall–Kier alpha value is -2.62. The van der Waals surface area contributed by atoms with Crippen molar-refractivity contribution >= 4 is 45.7 Å². The smallest absolute Gasteiger partial charge is 0.417 e. The van der Waals surface area contributed by atoms with Crippen LogP contribution in [0.5, 0.6) is 5.75 Å². The van der Waals surface area contributed by atoms with Crippen LogP contribution < -0.4 is 9.46 Å². The second-order valence-electron chi connectivity index (χ2n) is 6.32. The SMILES string of the molecule is CCOc1ccccc1C(=O)c1ncc(Cl)cc1NS(=O)c1ccc(Cl)c(C(F)(F)F)c1. The minimum absolute atomic E-state index is 0.0179. The first-order chi connectivity index (χ1) is 15.1. The highest BCUT2D eigenvalue weighted by Gasteiger charge is 2.34. The molecule has 0 bridgehead atoms. The molecule has 1 aromatic heterocycles. The molecule has 11 heteroatoms. The molecular weight excluding hydrogens is 488 g/mol. The van der Waals surface area contributed by atoms with Crippen molar-refractivity contribution in [1.29, 1.82) is 0 Å². The van der Waals surface area contributed by atoms with Crippen molar-refractivity contribution in [3.05, 3.63) is 81.6 Å². The lowest BCUT2D eigenvalue weighted by Gasteiger charge is -2.14. The third kappa shape index (κ3) is 5.40. The van der Waals surface area contributed by atoms with Gasteiger partial charge in [-0.1, -0.05) is 35.3 Å². The molecule has 1 heterocycles. The summed E-state index contributed by atoms with van der Waals surface area (Å²) in [6.07, 6.45) is -3.49. The van der Waals surface area contributed by atoms with Crippen LogP contribution in [0.25, 0.3) is 0 Å². The number of benzene rings is 2. The highest BCUT2D eigenvalue weighted by molar-refractivity contribution is 7.86. The summed E-state index contributed by atoms with van der Waals surface area (Å²) in [5.41, 5.74) is -1.06. The van der Waals surface area contributed by atoms with Crippen molar-refractivity contribution in [3.63, 3.8) is 0 Å². The van der Waals surface area contributed by atoms with Crippen molar-refractivity contribution in [2.75, 3.05) is 11.3 Å². The first-order valence-corrected chi connectivity index (χ1v) is 11.0. The number of aromatic nitrogens is 1. The fraction of sp³-hybridized carbons (Fsp3) is 0.143. The van der Waals surface area contributed by atoms with Gasteiger partial charge in [0, 0.05) is 6.20 Å². The molecule has 32 heavy (non-hydrogen) atoms. The van der Waals surface area contributed by atoms with Gasteiger partial charge in [0.1, 0.15) is 22.4 Å². The van der Waals surface area contributed by atoms with Crippen LogP contribution >= 0.6 is 23.2 Å². The minimum atomic E-state index is -4.72. The maximum atomic E-state index is 13.1. The van der Waals surface area contributed by atoms with Gasteiger partial charge in [0.2, 0.25) is 5.78 Å². The summed E-state index contributed by atoms with van der Waals surface area (Å²) in [7, 11) is -2.18. The summed E-state index contributed by atoms with van der Waals surface area (Å²) in [5.74, 6) is -0.214. The maximum absolute atomic E-state index is 13.1. The Morgan fingerprint density at radius 3 is 2.56 bits per heavy atom. The molecule has 1 atom stereocenters. The number of pyridine rings is 1. The summed E-state index contributed by atoms with van der Waals surface area (Å²) in [5, 5.41) is -0.391. The fourth-order valence-electron chi connectivity index (χ4n) is 2.76. The molecule has 0 spiro atoms. The highest BCUT2D eigenvalue weighted by atomic mass is 35.5. The zero-order valence-corrected chi connectivity index (χ0v) is 18.7.